The highest BCUT2D eigenvalue weighted by molar-refractivity contribution is 7.12. The number of methoxy groups -OCH3 is 1. The predicted molar refractivity (Wildman–Crippen MR) is 84.4 cm³/mol. The standard InChI is InChI=1S/C15H16N2O3S/c1-17(2)11-6-4-10(5-7-11)14(18)16-12-8-9-21-13(12)15(19)20-3/h4-9H,1-3H3,(H,16,18). The Bertz CT molecular complexity index is 647. The average Bonchev–Trinajstić information content (AvgIpc) is 2.94. The fraction of sp³-hybridized carbons (Fsp3) is 0.200. The number of esters is 1. The molecule has 0 radical (unpaired) electrons. The van der Waals surface area contributed by atoms with Crippen LogP contribution in [-0.2, 0) is 4.74 Å². The number of amides is 1. The molecule has 1 heterocycles. The van der Waals surface area contributed by atoms with Crippen LogP contribution in [0.4, 0.5) is 11.4 Å². The lowest BCUT2D eigenvalue weighted by molar-refractivity contribution is 0.0607. The molecule has 2 aromatic rings. The van der Waals surface area contributed by atoms with Crippen LogP contribution in [0.2, 0.25) is 0 Å². The van der Waals surface area contributed by atoms with E-state index >= 15 is 0 Å². The Morgan fingerprint density at radius 1 is 1.14 bits per heavy atom. The molecule has 1 amide bonds. The molecule has 1 N–H and O–H groups in total. The summed E-state index contributed by atoms with van der Waals surface area (Å²) in [7, 11) is 5.18. The lowest BCUT2D eigenvalue weighted by Gasteiger charge is -2.12. The van der Waals surface area contributed by atoms with E-state index in [9.17, 15) is 9.59 Å². The zero-order chi connectivity index (χ0) is 15.4. The molecule has 1 aromatic carbocycles. The van der Waals surface area contributed by atoms with E-state index < -0.39 is 5.97 Å². The van der Waals surface area contributed by atoms with Crippen molar-refractivity contribution in [2.75, 3.05) is 31.4 Å². The Morgan fingerprint density at radius 2 is 1.81 bits per heavy atom. The first kappa shape index (κ1) is 15.1. The van der Waals surface area contributed by atoms with Gasteiger partial charge in [-0.25, -0.2) is 4.79 Å². The van der Waals surface area contributed by atoms with Crippen molar-refractivity contribution in [3.8, 4) is 0 Å². The van der Waals surface area contributed by atoms with Crippen LogP contribution >= 0.6 is 11.3 Å². The molecule has 0 bridgehead atoms. The summed E-state index contributed by atoms with van der Waals surface area (Å²) in [5.74, 6) is -0.716. The van der Waals surface area contributed by atoms with Crippen molar-refractivity contribution in [3.63, 3.8) is 0 Å². The van der Waals surface area contributed by atoms with Gasteiger partial charge in [0.05, 0.1) is 12.8 Å². The highest BCUT2D eigenvalue weighted by Gasteiger charge is 2.16. The predicted octanol–water partition coefficient (Wildman–Crippen LogP) is 2.85. The number of benzene rings is 1. The van der Waals surface area contributed by atoms with Gasteiger partial charge in [-0.1, -0.05) is 0 Å². The van der Waals surface area contributed by atoms with E-state index in [1.54, 1.807) is 23.6 Å². The van der Waals surface area contributed by atoms with E-state index in [0.717, 1.165) is 5.69 Å². The minimum atomic E-state index is -0.455. The van der Waals surface area contributed by atoms with Crippen molar-refractivity contribution in [2.24, 2.45) is 0 Å². The first-order valence-electron chi connectivity index (χ1n) is 6.27. The summed E-state index contributed by atoms with van der Waals surface area (Å²) >= 11 is 1.23. The number of hydrogen-bond donors (Lipinski definition) is 1. The minimum absolute atomic E-state index is 0.260. The second-order valence-corrected chi connectivity index (χ2v) is 5.47. The van der Waals surface area contributed by atoms with Crippen molar-refractivity contribution in [3.05, 3.63) is 46.2 Å². The van der Waals surface area contributed by atoms with Gasteiger partial charge in [-0.15, -0.1) is 11.3 Å². The maximum Gasteiger partial charge on any atom is 0.350 e. The Morgan fingerprint density at radius 3 is 2.38 bits per heavy atom. The Labute approximate surface area is 127 Å². The highest BCUT2D eigenvalue weighted by atomic mass is 32.1. The van der Waals surface area contributed by atoms with Crippen molar-refractivity contribution < 1.29 is 14.3 Å². The number of nitrogens with one attached hydrogen (secondary N) is 1. The normalized spacial score (nSPS) is 10.0. The molecule has 0 aliphatic heterocycles. The summed E-state index contributed by atoms with van der Waals surface area (Å²) < 4.78 is 4.68. The van der Waals surface area contributed by atoms with Gasteiger partial charge in [0.15, 0.2) is 0 Å². The molecule has 0 unspecified atom stereocenters. The van der Waals surface area contributed by atoms with Gasteiger partial charge in [-0.2, -0.15) is 0 Å². The number of hydrogen-bond acceptors (Lipinski definition) is 5. The van der Waals surface area contributed by atoms with Crippen LogP contribution in [-0.4, -0.2) is 33.1 Å². The molecule has 110 valence electrons. The van der Waals surface area contributed by atoms with Gasteiger partial charge in [0.25, 0.3) is 5.91 Å². The summed E-state index contributed by atoms with van der Waals surface area (Å²) in [6.07, 6.45) is 0. The molecule has 6 heteroatoms. The molecule has 0 saturated carbocycles. The van der Waals surface area contributed by atoms with Gasteiger partial charge >= 0.3 is 5.97 Å². The molecular weight excluding hydrogens is 288 g/mol. The van der Waals surface area contributed by atoms with Gasteiger partial charge in [0.1, 0.15) is 4.88 Å². The monoisotopic (exact) mass is 304 g/mol. The fourth-order valence-electron chi connectivity index (χ4n) is 1.76. The highest BCUT2D eigenvalue weighted by Crippen LogP contribution is 2.24. The molecule has 0 spiro atoms. The van der Waals surface area contributed by atoms with Crippen molar-refractivity contribution in [1.82, 2.24) is 0 Å². The number of anilines is 2. The van der Waals surface area contributed by atoms with Crippen LogP contribution in [0, 0.1) is 0 Å². The minimum Gasteiger partial charge on any atom is -0.465 e. The lowest BCUT2D eigenvalue weighted by atomic mass is 10.2. The van der Waals surface area contributed by atoms with E-state index in [-0.39, 0.29) is 5.91 Å². The van der Waals surface area contributed by atoms with E-state index in [1.807, 2.05) is 31.1 Å². The molecule has 0 aliphatic rings. The molecule has 0 aliphatic carbocycles. The van der Waals surface area contributed by atoms with Crippen LogP contribution in [0.3, 0.4) is 0 Å². The number of carbonyl (C=O) groups excluding carboxylic acids is 2. The third kappa shape index (κ3) is 3.41. The van der Waals surface area contributed by atoms with Crippen molar-refractivity contribution >= 4 is 34.6 Å². The Hall–Kier alpha value is -2.34. The fourth-order valence-corrected chi connectivity index (χ4v) is 2.53. The van der Waals surface area contributed by atoms with Crippen LogP contribution in [0.25, 0.3) is 0 Å². The average molecular weight is 304 g/mol. The topological polar surface area (TPSA) is 58.6 Å². The van der Waals surface area contributed by atoms with Gasteiger partial charge in [-0.05, 0) is 35.7 Å². The SMILES string of the molecule is COC(=O)c1sccc1NC(=O)c1ccc(N(C)C)cc1. The summed E-state index contributed by atoms with van der Waals surface area (Å²) in [5.41, 5.74) is 2.01. The molecule has 2 rings (SSSR count). The number of thiophene rings is 1. The third-order valence-corrected chi connectivity index (χ3v) is 3.82. The van der Waals surface area contributed by atoms with Crippen LogP contribution in [0.1, 0.15) is 20.0 Å². The largest absolute Gasteiger partial charge is 0.465 e. The number of carbonyl (C=O) groups is 2. The van der Waals surface area contributed by atoms with Gasteiger partial charge in [-0.3, -0.25) is 4.79 Å². The molecule has 0 saturated heterocycles. The maximum absolute atomic E-state index is 12.2. The smallest absolute Gasteiger partial charge is 0.350 e. The zero-order valence-electron chi connectivity index (χ0n) is 12.0. The lowest BCUT2D eigenvalue weighted by Crippen LogP contribution is -2.14. The summed E-state index contributed by atoms with van der Waals surface area (Å²) in [5, 5.41) is 4.46. The van der Waals surface area contributed by atoms with Gasteiger partial charge in [0, 0.05) is 25.3 Å². The van der Waals surface area contributed by atoms with Crippen molar-refractivity contribution in [2.45, 2.75) is 0 Å². The molecule has 21 heavy (non-hydrogen) atoms. The molecular formula is C15H16N2O3S. The van der Waals surface area contributed by atoms with E-state index in [1.165, 1.54) is 18.4 Å². The maximum atomic E-state index is 12.2. The number of ether oxygens (including phenoxy) is 1. The quantitative estimate of drug-likeness (QED) is 0.882. The summed E-state index contributed by atoms with van der Waals surface area (Å²) in [4.78, 5) is 26.1. The van der Waals surface area contributed by atoms with Crippen LogP contribution in [0.15, 0.2) is 35.7 Å². The van der Waals surface area contributed by atoms with Gasteiger partial charge in [0.2, 0.25) is 0 Å². The molecule has 0 atom stereocenters. The molecule has 0 fully saturated rings. The van der Waals surface area contributed by atoms with Crippen LogP contribution in [0.5, 0.6) is 0 Å². The molecule has 5 nitrogen and oxygen atoms in total. The summed E-state index contributed by atoms with van der Waals surface area (Å²) in [6, 6.07) is 8.90. The second kappa shape index (κ2) is 6.41. The van der Waals surface area contributed by atoms with Crippen molar-refractivity contribution in [1.29, 1.82) is 0 Å². The zero-order valence-corrected chi connectivity index (χ0v) is 12.9. The van der Waals surface area contributed by atoms with E-state index in [0.29, 0.717) is 16.1 Å². The van der Waals surface area contributed by atoms with Crippen LogP contribution < -0.4 is 10.2 Å². The van der Waals surface area contributed by atoms with E-state index in [4.69, 9.17) is 0 Å². The van der Waals surface area contributed by atoms with E-state index in [2.05, 4.69) is 10.1 Å². The first-order chi connectivity index (χ1) is 10.0. The Balaban J connectivity index is 2.15. The Kier molecular flexibility index (Phi) is 4.59. The molecule has 1 aromatic heterocycles. The third-order valence-electron chi connectivity index (χ3n) is 2.93. The number of rotatable bonds is 4. The second-order valence-electron chi connectivity index (χ2n) is 4.55. The summed E-state index contributed by atoms with van der Waals surface area (Å²) in [6.45, 7) is 0. The first-order valence-corrected chi connectivity index (χ1v) is 7.15. The number of nitrogens with zero attached hydrogens (tertiary/aromatic N) is 1. The van der Waals surface area contributed by atoms with Gasteiger partial charge < -0.3 is 15.0 Å².